The standard InChI is InChI=1S/C13H12F3NO4S/c14-8-5-6-9(12(16)11(8)15)17-22(20,21)10-4-2-1-3-7(10)13(18)19/h3,5-6,10,17H,1-2,4H2,(H,18,19). The van der Waals surface area contributed by atoms with Crippen LogP contribution in [-0.4, -0.2) is 24.7 Å². The van der Waals surface area contributed by atoms with Crippen molar-refractivity contribution in [3.05, 3.63) is 41.2 Å². The average molecular weight is 335 g/mol. The van der Waals surface area contributed by atoms with E-state index in [1.807, 2.05) is 0 Å². The predicted octanol–water partition coefficient (Wildman–Crippen LogP) is 2.41. The van der Waals surface area contributed by atoms with Gasteiger partial charge in [0.25, 0.3) is 0 Å². The molecule has 0 aliphatic heterocycles. The van der Waals surface area contributed by atoms with Crippen molar-refractivity contribution >= 4 is 21.7 Å². The van der Waals surface area contributed by atoms with Crippen molar-refractivity contribution in [3.63, 3.8) is 0 Å². The van der Waals surface area contributed by atoms with Gasteiger partial charge in [0.2, 0.25) is 10.0 Å². The summed E-state index contributed by atoms with van der Waals surface area (Å²) in [6.07, 6.45) is 2.20. The van der Waals surface area contributed by atoms with Gasteiger partial charge in [0, 0.05) is 0 Å². The molecule has 120 valence electrons. The van der Waals surface area contributed by atoms with Crippen LogP contribution in [0.1, 0.15) is 19.3 Å². The lowest BCUT2D eigenvalue weighted by molar-refractivity contribution is -0.132. The van der Waals surface area contributed by atoms with E-state index in [9.17, 15) is 26.4 Å². The van der Waals surface area contributed by atoms with Gasteiger partial charge in [0.15, 0.2) is 17.5 Å². The Balaban J connectivity index is 2.36. The summed E-state index contributed by atoms with van der Waals surface area (Å²) >= 11 is 0. The first-order valence-corrected chi connectivity index (χ1v) is 7.87. The highest BCUT2D eigenvalue weighted by molar-refractivity contribution is 7.93. The summed E-state index contributed by atoms with van der Waals surface area (Å²) in [7, 11) is -4.31. The zero-order chi connectivity index (χ0) is 16.5. The van der Waals surface area contributed by atoms with Gasteiger partial charge < -0.3 is 5.11 Å². The van der Waals surface area contributed by atoms with Crippen LogP contribution in [-0.2, 0) is 14.8 Å². The maximum absolute atomic E-state index is 13.5. The first kappa shape index (κ1) is 16.3. The highest BCUT2D eigenvalue weighted by Gasteiger charge is 2.35. The van der Waals surface area contributed by atoms with Crippen molar-refractivity contribution in [2.24, 2.45) is 0 Å². The van der Waals surface area contributed by atoms with Gasteiger partial charge in [-0.15, -0.1) is 0 Å². The number of anilines is 1. The number of rotatable bonds is 4. The van der Waals surface area contributed by atoms with E-state index in [4.69, 9.17) is 5.11 Å². The van der Waals surface area contributed by atoms with E-state index in [2.05, 4.69) is 0 Å². The maximum Gasteiger partial charge on any atom is 0.332 e. The molecule has 0 spiro atoms. The van der Waals surface area contributed by atoms with Crippen LogP contribution >= 0.6 is 0 Å². The summed E-state index contributed by atoms with van der Waals surface area (Å²) in [5.74, 6) is -6.33. The van der Waals surface area contributed by atoms with Gasteiger partial charge in [0.05, 0.1) is 11.3 Å². The van der Waals surface area contributed by atoms with Crippen LogP contribution in [0.15, 0.2) is 23.8 Å². The van der Waals surface area contributed by atoms with E-state index in [-0.39, 0.29) is 12.0 Å². The fraction of sp³-hybridized carbons (Fsp3) is 0.308. The highest BCUT2D eigenvalue weighted by atomic mass is 32.2. The van der Waals surface area contributed by atoms with Crippen LogP contribution in [0.3, 0.4) is 0 Å². The lowest BCUT2D eigenvalue weighted by Gasteiger charge is -2.22. The van der Waals surface area contributed by atoms with Gasteiger partial charge in [-0.1, -0.05) is 6.08 Å². The summed E-state index contributed by atoms with van der Waals surface area (Å²) in [4.78, 5) is 11.1. The third-order valence-electron chi connectivity index (χ3n) is 3.29. The van der Waals surface area contributed by atoms with Gasteiger partial charge in [0.1, 0.15) is 5.25 Å². The molecule has 1 unspecified atom stereocenters. The molecule has 0 radical (unpaired) electrons. The second-order valence-electron chi connectivity index (χ2n) is 4.75. The molecule has 0 saturated carbocycles. The van der Waals surface area contributed by atoms with Crippen LogP contribution in [0.5, 0.6) is 0 Å². The Morgan fingerprint density at radius 2 is 1.91 bits per heavy atom. The molecule has 22 heavy (non-hydrogen) atoms. The first-order valence-electron chi connectivity index (χ1n) is 6.32. The summed E-state index contributed by atoms with van der Waals surface area (Å²) in [5, 5.41) is 7.65. The SMILES string of the molecule is O=C(O)C1=CCCCC1S(=O)(=O)Nc1ccc(F)c(F)c1F. The number of carboxylic acids is 1. The average Bonchev–Trinajstić information content (AvgIpc) is 2.48. The minimum Gasteiger partial charge on any atom is -0.478 e. The number of hydrogen-bond acceptors (Lipinski definition) is 3. The van der Waals surface area contributed by atoms with Crippen molar-refractivity contribution in [2.75, 3.05) is 4.72 Å². The number of sulfonamides is 1. The molecule has 0 fully saturated rings. The van der Waals surface area contributed by atoms with E-state index in [1.165, 1.54) is 6.08 Å². The van der Waals surface area contributed by atoms with E-state index in [0.717, 1.165) is 6.07 Å². The Morgan fingerprint density at radius 3 is 2.55 bits per heavy atom. The minimum absolute atomic E-state index is 0.0404. The molecule has 1 aliphatic rings. The number of hydrogen-bond donors (Lipinski definition) is 2. The lowest BCUT2D eigenvalue weighted by atomic mass is 9.99. The van der Waals surface area contributed by atoms with Gasteiger partial charge in [-0.05, 0) is 31.4 Å². The predicted molar refractivity (Wildman–Crippen MR) is 72.2 cm³/mol. The van der Waals surface area contributed by atoms with Crippen molar-refractivity contribution in [2.45, 2.75) is 24.5 Å². The van der Waals surface area contributed by atoms with Crippen LogP contribution in [0.25, 0.3) is 0 Å². The topological polar surface area (TPSA) is 83.5 Å². The van der Waals surface area contributed by atoms with E-state index in [1.54, 1.807) is 4.72 Å². The molecule has 0 bridgehead atoms. The Labute approximate surface area is 124 Å². The van der Waals surface area contributed by atoms with Crippen molar-refractivity contribution in [1.82, 2.24) is 0 Å². The first-order chi connectivity index (χ1) is 10.2. The Morgan fingerprint density at radius 1 is 1.23 bits per heavy atom. The lowest BCUT2D eigenvalue weighted by Crippen LogP contribution is -2.34. The number of carbonyl (C=O) groups is 1. The Kier molecular flexibility index (Phi) is 4.45. The molecule has 1 aliphatic carbocycles. The molecule has 1 atom stereocenters. The van der Waals surface area contributed by atoms with Crippen molar-refractivity contribution in [1.29, 1.82) is 0 Å². The Hall–Kier alpha value is -2.03. The molecular weight excluding hydrogens is 323 g/mol. The fourth-order valence-corrected chi connectivity index (χ4v) is 3.84. The van der Waals surface area contributed by atoms with Crippen molar-refractivity contribution < 1.29 is 31.5 Å². The normalized spacial score (nSPS) is 18.7. The van der Waals surface area contributed by atoms with Crippen LogP contribution in [0.4, 0.5) is 18.9 Å². The minimum atomic E-state index is -4.31. The van der Waals surface area contributed by atoms with Crippen LogP contribution in [0.2, 0.25) is 0 Å². The number of carboxylic acid groups (broad SMARTS) is 1. The Bertz CT molecular complexity index is 746. The quantitative estimate of drug-likeness (QED) is 0.828. The molecule has 9 heteroatoms. The summed E-state index contributed by atoms with van der Waals surface area (Å²) < 4.78 is 65.7. The largest absolute Gasteiger partial charge is 0.478 e. The monoisotopic (exact) mass is 335 g/mol. The molecule has 2 rings (SSSR count). The summed E-state index contributed by atoms with van der Waals surface area (Å²) in [5.41, 5.74) is -1.09. The van der Waals surface area contributed by atoms with E-state index >= 15 is 0 Å². The molecule has 2 N–H and O–H groups in total. The van der Waals surface area contributed by atoms with Crippen LogP contribution < -0.4 is 4.72 Å². The smallest absolute Gasteiger partial charge is 0.332 e. The molecule has 0 saturated heterocycles. The molecule has 0 heterocycles. The van der Waals surface area contributed by atoms with Crippen LogP contribution in [0, 0.1) is 17.5 Å². The third-order valence-corrected chi connectivity index (χ3v) is 5.03. The van der Waals surface area contributed by atoms with Crippen molar-refractivity contribution in [3.8, 4) is 0 Å². The summed E-state index contributed by atoms with van der Waals surface area (Å²) in [6.45, 7) is 0. The third kappa shape index (κ3) is 3.08. The highest BCUT2D eigenvalue weighted by Crippen LogP contribution is 2.28. The fourth-order valence-electron chi connectivity index (χ4n) is 2.22. The number of aliphatic carboxylic acids is 1. The number of benzene rings is 1. The number of allylic oxidation sites excluding steroid dienone is 1. The second kappa shape index (κ2) is 5.99. The van der Waals surface area contributed by atoms with E-state index < -0.39 is 44.4 Å². The van der Waals surface area contributed by atoms with Gasteiger partial charge in [-0.3, -0.25) is 4.72 Å². The van der Waals surface area contributed by atoms with Gasteiger partial charge in [-0.25, -0.2) is 26.4 Å². The second-order valence-corrected chi connectivity index (χ2v) is 6.62. The van der Waals surface area contributed by atoms with E-state index in [0.29, 0.717) is 18.9 Å². The molecule has 0 amide bonds. The molecule has 0 aromatic heterocycles. The molecule has 1 aromatic rings. The number of halogens is 3. The van der Waals surface area contributed by atoms with Gasteiger partial charge >= 0.3 is 5.97 Å². The molecule has 1 aromatic carbocycles. The number of nitrogens with one attached hydrogen (secondary N) is 1. The zero-order valence-electron chi connectivity index (χ0n) is 11.1. The van der Waals surface area contributed by atoms with Gasteiger partial charge in [-0.2, -0.15) is 0 Å². The maximum atomic E-state index is 13.5. The summed E-state index contributed by atoms with van der Waals surface area (Å²) in [6, 6.07) is 1.31. The zero-order valence-corrected chi connectivity index (χ0v) is 12.0. The molecule has 5 nitrogen and oxygen atoms in total. The molecular formula is C13H12F3NO4S.